The zero-order valence-corrected chi connectivity index (χ0v) is 10.2. The summed E-state index contributed by atoms with van der Waals surface area (Å²) in [6.07, 6.45) is 0.282. The van der Waals surface area contributed by atoms with Crippen molar-refractivity contribution in [1.82, 2.24) is 4.57 Å². The lowest BCUT2D eigenvalue weighted by Gasteiger charge is -2.08. The number of thiazole rings is 1. The second-order valence-corrected chi connectivity index (χ2v) is 6.29. The van der Waals surface area contributed by atoms with Crippen LogP contribution in [0.1, 0.15) is 10.6 Å². The minimum atomic E-state index is -1.32. The maximum Gasteiger partial charge on any atom is 0.307 e. The third-order valence-electron chi connectivity index (χ3n) is 1.75. The van der Waals surface area contributed by atoms with Crippen molar-refractivity contribution in [3.05, 3.63) is 20.2 Å². The molecule has 6 heteroatoms. The minimum Gasteiger partial charge on any atom is -0.306 e. The largest absolute Gasteiger partial charge is 0.307 e. The molecule has 13 heavy (non-hydrogen) atoms. The first-order valence-corrected chi connectivity index (χ1v) is 5.48. The highest BCUT2D eigenvalue weighted by molar-refractivity contribution is 7.09. The van der Waals surface area contributed by atoms with Crippen LogP contribution in [0.5, 0.6) is 0 Å². The van der Waals surface area contributed by atoms with Crippen LogP contribution in [0.25, 0.3) is 0 Å². The van der Waals surface area contributed by atoms with Crippen LogP contribution >= 0.6 is 46.1 Å². The first-order chi connectivity index (χ1) is 5.81. The molecule has 0 atom stereocenters. The number of hydrogen-bond donors (Lipinski definition) is 0. The van der Waals surface area contributed by atoms with Crippen LogP contribution in [0, 0.1) is 6.92 Å². The van der Waals surface area contributed by atoms with Gasteiger partial charge >= 0.3 is 4.87 Å². The molecule has 0 spiro atoms. The van der Waals surface area contributed by atoms with Gasteiger partial charge in [-0.3, -0.25) is 4.79 Å². The molecule has 0 fully saturated rings. The zero-order chi connectivity index (χ0) is 10.2. The molecule has 0 saturated heterocycles. The van der Waals surface area contributed by atoms with Crippen molar-refractivity contribution >= 4 is 46.1 Å². The van der Waals surface area contributed by atoms with Crippen LogP contribution in [0.4, 0.5) is 0 Å². The van der Waals surface area contributed by atoms with Gasteiger partial charge in [-0.15, -0.1) is 0 Å². The molecule has 0 unspecified atom stereocenters. The van der Waals surface area contributed by atoms with E-state index in [-0.39, 0.29) is 11.3 Å². The van der Waals surface area contributed by atoms with Gasteiger partial charge < -0.3 is 4.57 Å². The second kappa shape index (κ2) is 3.81. The molecule has 1 heterocycles. The van der Waals surface area contributed by atoms with Gasteiger partial charge in [-0.25, -0.2) is 0 Å². The van der Waals surface area contributed by atoms with Crippen LogP contribution in [0.3, 0.4) is 0 Å². The number of rotatable bonds is 1. The van der Waals surface area contributed by atoms with Gasteiger partial charge in [-0.2, -0.15) is 0 Å². The van der Waals surface area contributed by atoms with E-state index in [1.54, 1.807) is 11.6 Å². The molecular formula is C7H8Cl3NOS. The van der Waals surface area contributed by atoms with Crippen molar-refractivity contribution < 1.29 is 0 Å². The van der Waals surface area contributed by atoms with Gasteiger partial charge in [-0.05, 0) is 6.92 Å². The molecule has 1 aromatic heterocycles. The summed E-state index contributed by atoms with van der Waals surface area (Å²) < 4.78 is 0.228. The maximum absolute atomic E-state index is 11.2. The fraction of sp³-hybridized carbons (Fsp3) is 0.571. The van der Waals surface area contributed by atoms with Crippen molar-refractivity contribution in [2.45, 2.75) is 17.1 Å². The molecule has 0 amide bonds. The van der Waals surface area contributed by atoms with Gasteiger partial charge in [0.2, 0.25) is 0 Å². The fourth-order valence-corrected chi connectivity index (χ4v) is 2.61. The minimum absolute atomic E-state index is 0.0262. The molecule has 0 N–H and O–H groups in total. The van der Waals surface area contributed by atoms with Crippen molar-refractivity contribution in [2.24, 2.45) is 7.05 Å². The summed E-state index contributed by atoms with van der Waals surface area (Å²) in [5.41, 5.74) is 0.862. The molecule has 0 aliphatic carbocycles. The van der Waals surface area contributed by atoms with Crippen LogP contribution in [0.2, 0.25) is 0 Å². The number of halogens is 3. The molecule has 0 aliphatic rings. The topological polar surface area (TPSA) is 22.0 Å². The predicted molar refractivity (Wildman–Crippen MR) is 58.3 cm³/mol. The van der Waals surface area contributed by atoms with E-state index >= 15 is 0 Å². The normalized spacial score (nSPS) is 12.1. The molecule has 1 rings (SSSR count). The number of alkyl halides is 3. The van der Waals surface area contributed by atoms with Crippen molar-refractivity contribution in [3.63, 3.8) is 0 Å². The van der Waals surface area contributed by atoms with Crippen molar-refractivity contribution in [3.8, 4) is 0 Å². The molecular weight excluding hydrogens is 253 g/mol. The van der Waals surface area contributed by atoms with Crippen LogP contribution in [0.15, 0.2) is 4.79 Å². The van der Waals surface area contributed by atoms with Gasteiger partial charge in [0.05, 0.1) is 0 Å². The van der Waals surface area contributed by atoms with Gasteiger partial charge in [0, 0.05) is 24.0 Å². The van der Waals surface area contributed by atoms with E-state index in [1.165, 1.54) is 0 Å². The van der Waals surface area contributed by atoms with Gasteiger partial charge in [-0.1, -0.05) is 46.1 Å². The summed E-state index contributed by atoms with van der Waals surface area (Å²) in [6.45, 7) is 1.84. The quantitative estimate of drug-likeness (QED) is 0.712. The third-order valence-corrected chi connectivity index (χ3v) is 3.29. The lowest BCUT2D eigenvalue weighted by atomic mass is 10.3. The Morgan fingerprint density at radius 3 is 2.31 bits per heavy atom. The van der Waals surface area contributed by atoms with E-state index in [9.17, 15) is 4.79 Å². The SMILES string of the molecule is Cc1c(CC(Cl)(Cl)Cl)sc(=O)n1C. The van der Waals surface area contributed by atoms with E-state index in [2.05, 4.69) is 0 Å². The van der Waals surface area contributed by atoms with Crippen molar-refractivity contribution in [1.29, 1.82) is 0 Å². The highest BCUT2D eigenvalue weighted by Gasteiger charge is 2.23. The molecule has 1 aromatic rings. The van der Waals surface area contributed by atoms with E-state index in [0.717, 1.165) is 21.9 Å². The summed E-state index contributed by atoms with van der Waals surface area (Å²) in [5.74, 6) is 0. The van der Waals surface area contributed by atoms with Crippen LogP contribution < -0.4 is 4.87 Å². The Bertz CT molecular complexity index is 363. The number of hydrogen-bond acceptors (Lipinski definition) is 2. The van der Waals surface area contributed by atoms with Gasteiger partial charge in [0.25, 0.3) is 0 Å². The van der Waals surface area contributed by atoms with E-state index < -0.39 is 3.79 Å². The molecule has 0 aliphatic heterocycles. The second-order valence-electron chi connectivity index (χ2n) is 2.73. The molecule has 74 valence electrons. The smallest absolute Gasteiger partial charge is 0.306 e. The Labute approximate surface area is 95.0 Å². The lowest BCUT2D eigenvalue weighted by Crippen LogP contribution is -2.09. The monoisotopic (exact) mass is 259 g/mol. The lowest BCUT2D eigenvalue weighted by molar-refractivity contribution is 0.836. The molecule has 0 bridgehead atoms. The average Bonchev–Trinajstić information content (AvgIpc) is 2.15. The van der Waals surface area contributed by atoms with Crippen LogP contribution in [-0.2, 0) is 13.5 Å². The summed E-state index contributed by atoms with van der Waals surface area (Å²) in [6, 6.07) is 0. The summed E-state index contributed by atoms with van der Waals surface area (Å²) in [5, 5.41) is 0. The Morgan fingerprint density at radius 2 is 2.00 bits per heavy atom. The van der Waals surface area contributed by atoms with Gasteiger partial charge in [0.1, 0.15) is 0 Å². The van der Waals surface area contributed by atoms with E-state index in [4.69, 9.17) is 34.8 Å². The summed E-state index contributed by atoms with van der Waals surface area (Å²) in [4.78, 5) is 12.0. The Balaban J connectivity index is 3.04. The molecule has 2 nitrogen and oxygen atoms in total. The zero-order valence-electron chi connectivity index (χ0n) is 7.10. The highest BCUT2D eigenvalue weighted by atomic mass is 35.6. The summed E-state index contributed by atoms with van der Waals surface area (Å²) >= 11 is 18.0. The molecule has 0 aromatic carbocycles. The Kier molecular flexibility index (Phi) is 3.33. The maximum atomic E-state index is 11.2. The Hall–Kier alpha value is 0.300. The average molecular weight is 261 g/mol. The van der Waals surface area contributed by atoms with Crippen LogP contribution in [-0.4, -0.2) is 8.36 Å². The third kappa shape index (κ3) is 2.88. The first kappa shape index (κ1) is 11.4. The first-order valence-electron chi connectivity index (χ1n) is 3.53. The molecule has 0 saturated carbocycles. The highest BCUT2D eigenvalue weighted by Crippen LogP contribution is 2.32. The summed E-state index contributed by atoms with van der Waals surface area (Å²) in [7, 11) is 1.70. The van der Waals surface area contributed by atoms with E-state index in [1.807, 2.05) is 6.92 Å². The number of nitrogens with zero attached hydrogens (tertiary/aromatic N) is 1. The number of aromatic nitrogens is 1. The predicted octanol–water partition coefficient (Wildman–Crippen LogP) is 2.67. The molecule has 0 radical (unpaired) electrons. The standard InChI is InChI=1S/C7H8Cl3NOS/c1-4-5(3-7(8,9)10)13-6(12)11(4)2/h3H2,1-2H3. The van der Waals surface area contributed by atoms with Gasteiger partial charge in [0.15, 0.2) is 3.79 Å². The Morgan fingerprint density at radius 1 is 1.46 bits per heavy atom. The fourth-order valence-electron chi connectivity index (χ4n) is 0.918. The van der Waals surface area contributed by atoms with E-state index in [0.29, 0.717) is 0 Å². The van der Waals surface area contributed by atoms with Crippen molar-refractivity contribution in [2.75, 3.05) is 0 Å².